The second kappa shape index (κ2) is 12.3. The Kier molecular flexibility index (Phi) is 11.2. The van der Waals surface area contributed by atoms with E-state index in [4.69, 9.17) is 4.74 Å². The number of unbranched alkanes of at least 4 members (excludes halogenated alkanes) is 10. The third-order valence-corrected chi connectivity index (χ3v) is 4.88. The van der Waals surface area contributed by atoms with Gasteiger partial charge in [-0.1, -0.05) is 71.1 Å². The number of rotatable bonds is 12. The first kappa shape index (κ1) is 16.4. The number of ether oxygens (including phenoxy) is 1. The molecule has 2 heteroatoms. The molecule has 18 heavy (non-hydrogen) atoms. The zero-order chi connectivity index (χ0) is 12.9. The maximum Gasteiger partial charge on any atom is 0.103 e. The molecule has 0 aromatic heterocycles. The van der Waals surface area contributed by atoms with Crippen molar-refractivity contribution in [1.82, 2.24) is 0 Å². The average Bonchev–Trinajstić information content (AvgIpc) is 2.89. The predicted molar refractivity (Wildman–Crippen MR) is 83.3 cm³/mol. The van der Waals surface area contributed by atoms with Gasteiger partial charge in [0.15, 0.2) is 0 Å². The first-order valence-electron chi connectivity index (χ1n) is 8.16. The Balaban J connectivity index is 1.68. The highest BCUT2D eigenvalue weighted by Gasteiger charge is 2.14. The third-order valence-electron chi connectivity index (χ3n) is 3.73. The van der Waals surface area contributed by atoms with Crippen molar-refractivity contribution in [2.45, 2.75) is 89.4 Å². The second-order valence-corrected chi connectivity index (χ2v) is 6.76. The van der Waals surface area contributed by atoms with E-state index in [1.807, 2.05) is 11.8 Å². The fraction of sp³-hybridized carbons (Fsp3) is 1.00. The van der Waals surface area contributed by atoms with Crippen molar-refractivity contribution in [3.63, 3.8) is 0 Å². The summed E-state index contributed by atoms with van der Waals surface area (Å²) in [7, 11) is 0. The van der Waals surface area contributed by atoms with Crippen LogP contribution in [0.4, 0.5) is 0 Å². The molecule has 1 atom stereocenters. The Morgan fingerprint density at radius 1 is 0.833 bits per heavy atom. The van der Waals surface area contributed by atoms with Crippen LogP contribution < -0.4 is 0 Å². The van der Waals surface area contributed by atoms with Gasteiger partial charge in [-0.25, -0.2) is 0 Å². The summed E-state index contributed by atoms with van der Waals surface area (Å²) in [6.07, 6.45) is 17.0. The van der Waals surface area contributed by atoms with E-state index < -0.39 is 0 Å². The summed E-state index contributed by atoms with van der Waals surface area (Å²) in [5, 5.41) is 0. The van der Waals surface area contributed by atoms with Crippen molar-refractivity contribution < 1.29 is 4.74 Å². The van der Waals surface area contributed by atoms with E-state index in [-0.39, 0.29) is 0 Å². The van der Waals surface area contributed by atoms with Crippen LogP contribution in [-0.4, -0.2) is 17.8 Å². The van der Waals surface area contributed by atoms with E-state index in [0.717, 1.165) is 6.61 Å². The van der Waals surface area contributed by atoms with Crippen LogP contribution in [0, 0.1) is 0 Å². The van der Waals surface area contributed by atoms with Gasteiger partial charge in [0, 0.05) is 5.75 Å². The van der Waals surface area contributed by atoms with Crippen LogP contribution >= 0.6 is 11.8 Å². The second-order valence-electron chi connectivity index (χ2n) is 5.50. The van der Waals surface area contributed by atoms with Gasteiger partial charge in [0.1, 0.15) is 5.44 Å². The highest BCUT2D eigenvalue weighted by molar-refractivity contribution is 7.99. The Hall–Kier alpha value is 0.310. The molecule has 0 saturated carbocycles. The monoisotopic (exact) mass is 272 g/mol. The molecule has 0 aromatic rings. The SMILES string of the molecule is CCCCCCCCCCCCCC1OCCS1. The summed E-state index contributed by atoms with van der Waals surface area (Å²) in [6.45, 7) is 3.27. The van der Waals surface area contributed by atoms with Gasteiger partial charge < -0.3 is 4.74 Å². The fourth-order valence-electron chi connectivity index (χ4n) is 2.55. The third kappa shape index (κ3) is 9.27. The zero-order valence-corrected chi connectivity index (χ0v) is 13.1. The topological polar surface area (TPSA) is 9.23 Å². The van der Waals surface area contributed by atoms with E-state index in [9.17, 15) is 0 Å². The molecule has 0 radical (unpaired) electrons. The maximum absolute atomic E-state index is 5.61. The molecule has 1 saturated heterocycles. The van der Waals surface area contributed by atoms with Crippen LogP contribution in [0.5, 0.6) is 0 Å². The van der Waals surface area contributed by atoms with Crippen LogP contribution in [0.15, 0.2) is 0 Å². The summed E-state index contributed by atoms with van der Waals surface area (Å²) in [5.74, 6) is 1.21. The largest absolute Gasteiger partial charge is 0.367 e. The lowest BCUT2D eigenvalue weighted by Gasteiger charge is -2.07. The van der Waals surface area contributed by atoms with Crippen LogP contribution in [0.1, 0.15) is 84.0 Å². The smallest absolute Gasteiger partial charge is 0.103 e. The highest BCUT2D eigenvalue weighted by atomic mass is 32.2. The summed E-state index contributed by atoms with van der Waals surface area (Å²) in [6, 6.07) is 0. The van der Waals surface area contributed by atoms with Crippen molar-refractivity contribution in [2.75, 3.05) is 12.4 Å². The number of thioether (sulfide) groups is 1. The lowest BCUT2D eigenvalue weighted by Crippen LogP contribution is -2.00. The molecule has 0 N–H and O–H groups in total. The Morgan fingerprint density at radius 3 is 1.89 bits per heavy atom. The van der Waals surface area contributed by atoms with E-state index in [0.29, 0.717) is 5.44 Å². The number of hydrogen-bond donors (Lipinski definition) is 0. The lowest BCUT2D eigenvalue weighted by atomic mass is 10.1. The highest BCUT2D eigenvalue weighted by Crippen LogP contribution is 2.24. The van der Waals surface area contributed by atoms with Crippen molar-refractivity contribution in [3.8, 4) is 0 Å². The molecule has 0 aliphatic carbocycles. The number of hydrogen-bond acceptors (Lipinski definition) is 2. The Bertz CT molecular complexity index is 166. The molecule has 108 valence electrons. The van der Waals surface area contributed by atoms with E-state index in [1.165, 1.54) is 82.8 Å². The van der Waals surface area contributed by atoms with Gasteiger partial charge >= 0.3 is 0 Å². The van der Waals surface area contributed by atoms with Crippen LogP contribution in [-0.2, 0) is 4.74 Å². The maximum atomic E-state index is 5.61. The summed E-state index contributed by atoms with van der Waals surface area (Å²) < 4.78 is 5.61. The normalized spacial score (nSPS) is 19.5. The molecular weight excluding hydrogens is 240 g/mol. The van der Waals surface area contributed by atoms with Gasteiger partial charge in [0.2, 0.25) is 0 Å². The van der Waals surface area contributed by atoms with Gasteiger partial charge in [-0.05, 0) is 12.8 Å². The summed E-state index contributed by atoms with van der Waals surface area (Å²) >= 11 is 2.00. The van der Waals surface area contributed by atoms with E-state index in [2.05, 4.69) is 6.92 Å². The van der Waals surface area contributed by atoms with Crippen molar-refractivity contribution in [1.29, 1.82) is 0 Å². The molecule has 1 rings (SSSR count). The molecule has 1 nitrogen and oxygen atoms in total. The summed E-state index contributed by atoms with van der Waals surface area (Å²) in [5.41, 5.74) is 0.531. The molecule has 0 aromatic carbocycles. The van der Waals surface area contributed by atoms with Crippen molar-refractivity contribution >= 4 is 11.8 Å². The molecule has 1 fully saturated rings. The van der Waals surface area contributed by atoms with Gasteiger partial charge in [0.05, 0.1) is 6.61 Å². The van der Waals surface area contributed by atoms with Gasteiger partial charge in [-0.15, -0.1) is 11.8 Å². The first-order chi connectivity index (χ1) is 8.93. The van der Waals surface area contributed by atoms with Crippen LogP contribution in [0.3, 0.4) is 0 Å². The first-order valence-corrected chi connectivity index (χ1v) is 9.21. The minimum Gasteiger partial charge on any atom is -0.367 e. The molecule has 1 unspecified atom stereocenters. The van der Waals surface area contributed by atoms with Crippen molar-refractivity contribution in [3.05, 3.63) is 0 Å². The van der Waals surface area contributed by atoms with Crippen LogP contribution in [0.25, 0.3) is 0 Å². The van der Waals surface area contributed by atoms with Gasteiger partial charge in [-0.3, -0.25) is 0 Å². The minimum atomic E-state index is 0.531. The molecule has 0 spiro atoms. The van der Waals surface area contributed by atoms with Gasteiger partial charge in [0.25, 0.3) is 0 Å². The lowest BCUT2D eigenvalue weighted by molar-refractivity contribution is 0.135. The fourth-order valence-corrected chi connectivity index (χ4v) is 3.53. The minimum absolute atomic E-state index is 0.531. The average molecular weight is 272 g/mol. The van der Waals surface area contributed by atoms with Gasteiger partial charge in [-0.2, -0.15) is 0 Å². The Labute approximate surface area is 118 Å². The van der Waals surface area contributed by atoms with Crippen LogP contribution in [0.2, 0.25) is 0 Å². The molecular formula is C16H32OS. The van der Waals surface area contributed by atoms with E-state index >= 15 is 0 Å². The van der Waals surface area contributed by atoms with E-state index in [1.54, 1.807) is 0 Å². The molecule has 0 amide bonds. The molecule has 0 bridgehead atoms. The zero-order valence-electron chi connectivity index (χ0n) is 12.3. The quantitative estimate of drug-likeness (QED) is 0.417. The summed E-state index contributed by atoms with van der Waals surface area (Å²) in [4.78, 5) is 0. The predicted octanol–water partition coefficient (Wildman–Crippen LogP) is 5.78. The standard InChI is InChI=1S/C16H32OS/c1-2-3-4-5-6-7-8-9-10-11-12-13-16-17-14-15-18-16/h16H,2-15H2,1H3. The molecule has 1 heterocycles. The molecule has 1 aliphatic rings. The Morgan fingerprint density at radius 2 is 1.39 bits per heavy atom. The molecule has 1 aliphatic heterocycles. The van der Waals surface area contributed by atoms with Crippen molar-refractivity contribution in [2.24, 2.45) is 0 Å².